The Labute approximate surface area is 202 Å². The third-order valence-electron chi connectivity index (χ3n) is 5.96. The minimum absolute atomic E-state index is 0.266. The molecule has 2 heterocycles. The lowest BCUT2D eigenvalue weighted by atomic mass is 9.92. The molecular weight excluding hydrogens is 454 g/mol. The van der Waals surface area contributed by atoms with Crippen LogP contribution in [0.2, 0.25) is 5.02 Å². The number of amides is 2. The summed E-state index contributed by atoms with van der Waals surface area (Å²) in [6, 6.07) is 12.7. The van der Waals surface area contributed by atoms with E-state index in [1.165, 1.54) is 22.8 Å². The number of nitrogens with two attached hydrogens (primary N) is 1. The van der Waals surface area contributed by atoms with Crippen LogP contribution in [0.15, 0.2) is 59.5 Å². The smallest absolute Gasteiger partial charge is 0.252 e. The van der Waals surface area contributed by atoms with Gasteiger partial charge in [-0.1, -0.05) is 31.5 Å². The zero-order valence-corrected chi connectivity index (χ0v) is 19.8. The molecule has 0 spiro atoms. The molecule has 1 aromatic heterocycles. The van der Waals surface area contributed by atoms with E-state index in [0.717, 1.165) is 17.5 Å². The number of ether oxygens (including phenoxy) is 1. The van der Waals surface area contributed by atoms with Gasteiger partial charge in [0.05, 0.1) is 12.8 Å². The van der Waals surface area contributed by atoms with Gasteiger partial charge in [-0.3, -0.25) is 19.0 Å². The molecule has 8 heteroatoms. The number of fused-ring (bicyclic) bond motifs is 3. The van der Waals surface area contributed by atoms with E-state index >= 15 is 0 Å². The van der Waals surface area contributed by atoms with Crippen molar-refractivity contribution in [2.24, 2.45) is 11.7 Å². The van der Waals surface area contributed by atoms with Crippen LogP contribution in [0.25, 0.3) is 11.1 Å². The average molecular weight is 480 g/mol. The Bertz CT molecular complexity index is 1300. The molecule has 0 saturated heterocycles. The zero-order chi connectivity index (χ0) is 24.4. The van der Waals surface area contributed by atoms with E-state index in [2.05, 4.69) is 12.2 Å². The van der Waals surface area contributed by atoms with E-state index in [1.54, 1.807) is 18.3 Å². The molecule has 3 N–H and O–H groups in total. The number of benzene rings is 2. The number of primary amides is 1. The fourth-order valence-electron chi connectivity index (χ4n) is 4.19. The van der Waals surface area contributed by atoms with Crippen molar-refractivity contribution in [3.8, 4) is 16.9 Å². The molecule has 0 unspecified atom stereocenters. The first kappa shape index (κ1) is 23.6. The van der Waals surface area contributed by atoms with E-state index < -0.39 is 11.9 Å². The standard InChI is InChI=1S/C26H26ClN3O4/c1-3-22(26(33)29-19-8-5-16(6-9-19)25(28)32)30-13-23-21(12-24(30)31)20-11-18(27)7-4-17(20)10-15(2)14-34-23/h4-9,11-13,15,22H,3,10,14H2,1-2H3,(H2,28,32)(H,29,33)/t15-,22+/m1/s1. The number of rotatable bonds is 5. The number of pyridine rings is 1. The van der Waals surface area contributed by atoms with Crippen LogP contribution in [0.1, 0.15) is 42.2 Å². The lowest BCUT2D eigenvalue weighted by Gasteiger charge is -2.25. The van der Waals surface area contributed by atoms with Crippen LogP contribution in [0.3, 0.4) is 0 Å². The van der Waals surface area contributed by atoms with Crippen molar-refractivity contribution >= 4 is 29.1 Å². The summed E-state index contributed by atoms with van der Waals surface area (Å²) in [5, 5.41) is 3.39. The molecule has 3 aromatic rings. The largest absolute Gasteiger partial charge is 0.491 e. The third-order valence-corrected chi connectivity index (χ3v) is 6.20. The number of halogens is 1. The molecule has 0 saturated carbocycles. The van der Waals surface area contributed by atoms with Gasteiger partial charge in [0.1, 0.15) is 11.8 Å². The Morgan fingerprint density at radius 2 is 1.91 bits per heavy atom. The van der Waals surface area contributed by atoms with Crippen LogP contribution in [-0.2, 0) is 11.2 Å². The first-order valence-corrected chi connectivity index (χ1v) is 11.5. The highest BCUT2D eigenvalue weighted by Crippen LogP contribution is 2.37. The monoisotopic (exact) mass is 479 g/mol. The second-order valence-corrected chi connectivity index (χ2v) is 9.01. The molecule has 2 amide bonds. The van der Waals surface area contributed by atoms with Gasteiger partial charge in [0.15, 0.2) is 0 Å². The van der Waals surface area contributed by atoms with Gasteiger partial charge in [-0.05, 0) is 66.3 Å². The van der Waals surface area contributed by atoms with Crippen LogP contribution < -0.4 is 21.3 Å². The second-order valence-electron chi connectivity index (χ2n) is 8.57. The number of nitrogens with one attached hydrogen (secondary N) is 1. The van der Waals surface area contributed by atoms with Crippen LogP contribution >= 0.6 is 11.6 Å². The molecule has 176 valence electrons. The summed E-state index contributed by atoms with van der Waals surface area (Å²) in [6.07, 6.45) is 2.82. The minimum atomic E-state index is -0.751. The van der Waals surface area contributed by atoms with Crippen molar-refractivity contribution < 1.29 is 14.3 Å². The number of carbonyl (C=O) groups excluding carboxylic acids is 2. The Morgan fingerprint density at radius 3 is 2.59 bits per heavy atom. The fourth-order valence-corrected chi connectivity index (χ4v) is 4.37. The maximum atomic E-state index is 13.2. The van der Waals surface area contributed by atoms with Crippen LogP contribution in [0.5, 0.6) is 5.75 Å². The minimum Gasteiger partial charge on any atom is -0.491 e. The first-order valence-electron chi connectivity index (χ1n) is 11.1. The van der Waals surface area contributed by atoms with Gasteiger partial charge in [0.2, 0.25) is 11.8 Å². The van der Waals surface area contributed by atoms with Crippen molar-refractivity contribution in [1.82, 2.24) is 4.57 Å². The van der Waals surface area contributed by atoms with Crippen molar-refractivity contribution in [3.05, 3.63) is 81.2 Å². The molecule has 1 aliphatic heterocycles. The molecule has 0 aliphatic carbocycles. The fraction of sp³-hybridized carbons (Fsp3) is 0.269. The van der Waals surface area contributed by atoms with Crippen LogP contribution in [-0.4, -0.2) is 23.0 Å². The average Bonchev–Trinajstić information content (AvgIpc) is 2.80. The van der Waals surface area contributed by atoms with Gasteiger partial charge in [0, 0.05) is 27.9 Å². The second kappa shape index (κ2) is 9.73. The van der Waals surface area contributed by atoms with Gasteiger partial charge < -0.3 is 15.8 Å². The third kappa shape index (κ3) is 4.84. The summed E-state index contributed by atoms with van der Waals surface area (Å²) in [4.78, 5) is 37.5. The number of anilines is 1. The van der Waals surface area contributed by atoms with Crippen molar-refractivity contribution in [1.29, 1.82) is 0 Å². The highest BCUT2D eigenvalue weighted by atomic mass is 35.5. The Hall–Kier alpha value is -3.58. The summed E-state index contributed by atoms with van der Waals surface area (Å²) in [5.41, 5.74) is 8.43. The van der Waals surface area contributed by atoms with Crippen molar-refractivity contribution in [3.63, 3.8) is 0 Å². The quantitative estimate of drug-likeness (QED) is 0.565. The lowest BCUT2D eigenvalue weighted by Crippen LogP contribution is -2.33. The SMILES string of the molecule is CC[C@@H](C(=O)Nc1ccc(C(N)=O)cc1)n1cc2c(cc1=O)-c1cc(Cl)ccc1C[C@@H](C)CO2. The van der Waals surface area contributed by atoms with Crippen molar-refractivity contribution in [2.45, 2.75) is 32.7 Å². The van der Waals surface area contributed by atoms with Crippen LogP contribution in [0, 0.1) is 5.92 Å². The predicted octanol–water partition coefficient (Wildman–Crippen LogP) is 4.43. The van der Waals surface area contributed by atoms with E-state index in [0.29, 0.717) is 40.6 Å². The van der Waals surface area contributed by atoms with E-state index in [1.807, 2.05) is 25.1 Å². The molecule has 2 atom stereocenters. The number of aromatic nitrogens is 1. The maximum absolute atomic E-state index is 13.2. The maximum Gasteiger partial charge on any atom is 0.252 e. The molecule has 0 radical (unpaired) electrons. The predicted molar refractivity (Wildman–Crippen MR) is 132 cm³/mol. The summed E-state index contributed by atoms with van der Waals surface area (Å²) in [5.74, 6) is -0.0957. The van der Waals surface area contributed by atoms with Crippen LogP contribution in [0.4, 0.5) is 5.69 Å². The van der Waals surface area contributed by atoms with Gasteiger partial charge in [0.25, 0.3) is 5.56 Å². The topological polar surface area (TPSA) is 103 Å². The Morgan fingerprint density at radius 1 is 1.18 bits per heavy atom. The van der Waals surface area contributed by atoms with Gasteiger partial charge in [-0.15, -0.1) is 0 Å². The molecule has 4 rings (SSSR count). The number of nitrogens with zero attached hydrogens (tertiary/aromatic N) is 1. The molecule has 7 nitrogen and oxygen atoms in total. The molecule has 34 heavy (non-hydrogen) atoms. The molecule has 0 fully saturated rings. The first-order chi connectivity index (χ1) is 16.3. The van der Waals surface area contributed by atoms with Gasteiger partial charge >= 0.3 is 0 Å². The molecule has 0 bridgehead atoms. The van der Waals surface area contributed by atoms with E-state index in [-0.39, 0.29) is 17.4 Å². The summed E-state index contributed by atoms with van der Waals surface area (Å²) in [6.45, 7) is 4.43. The zero-order valence-electron chi connectivity index (χ0n) is 19.0. The Kier molecular flexibility index (Phi) is 6.75. The number of hydrogen-bond donors (Lipinski definition) is 2. The molecule has 2 aromatic carbocycles. The normalized spacial score (nSPS) is 15.7. The summed E-state index contributed by atoms with van der Waals surface area (Å²) < 4.78 is 7.49. The highest BCUT2D eigenvalue weighted by molar-refractivity contribution is 6.30. The van der Waals surface area contributed by atoms with E-state index in [9.17, 15) is 14.4 Å². The van der Waals surface area contributed by atoms with E-state index in [4.69, 9.17) is 22.1 Å². The number of carbonyl (C=O) groups is 2. The lowest BCUT2D eigenvalue weighted by molar-refractivity contribution is -0.119. The number of hydrogen-bond acceptors (Lipinski definition) is 4. The van der Waals surface area contributed by atoms with Crippen molar-refractivity contribution in [2.75, 3.05) is 11.9 Å². The highest BCUT2D eigenvalue weighted by Gasteiger charge is 2.24. The summed E-state index contributed by atoms with van der Waals surface area (Å²) in [7, 11) is 0. The van der Waals surface area contributed by atoms with Gasteiger partial charge in [-0.2, -0.15) is 0 Å². The summed E-state index contributed by atoms with van der Waals surface area (Å²) >= 11 is 6.26. The molecular formula is C26H26ClN3O4. The Balaban J connectivity index is 1.70. The van der Waals surface area contributed by atoms with Gasteiger partial charge in [-0.25, -0.2) is 0 Å². The molecule has 1 aliphatic rings.